The van der Waals surface area contributed by atoms with Crippen molar-refractivity contribution >= 4 is 29.1 Å². The number of likely N-dealkylation sites (tertiary alicyclic amines) is 1. The van der Waals surface area contributed by atoms with Crippen LogP contribution in [0, 0.1) is 18.8 Å². The van der Waals surface area contributed by atoms with Gasteiger partial charge in [-0.1, -0.05) is 78.4 Å². The minimum absolute atomic E-state index is 0.0988. The summed E-state index contributed by atoms with van der Waals surface area (Å²) in [6, 6.07) is 21.5. The molecule has 4 unspecified atom stereocenters. The first kappa shape index (κ1) is 24.6. The van der Waals surface area contributed by atoms with E-state index in [0.717, 1.165) is 5.56 Å². The molecule has 0 saturated carbocycles. The zero-order valence-corrected chi connectivity index (χ0v) is 20.9. The fourth-order valence-electron chi connectivity index (χ4n) is 5.96. The smallest absolute Gasteiger partial charge is 0.324 e. The number of ether oxygens (including phenoxy) is 1. The van der Waals surface area contributed by atoms with Crippen LogP contribution >= 0.6 is 0 Å². The summed E-state index contributed by atoms with van der Waals surface area (Å²) in [4.78, 5) is 57.6. The highest BCUT2D eigenvalue weighted by Crippen LogP contribution is 2.56. The maximum atomic E-state index is 14.4. The molecule has 2 heterocycles. The molecule has 0 bridgehead atoms. The second kappa shape index (κ2) is 9.41. The van der Waals surface area contributed by atoms with Crippen molar-refractivity contribution in [3.8, 4) is 0 Å². The molecule has 37 heavy (non-hydrogen) atoms. The number of likely N-dealkylation sites (N-methyl/N-ethyl adjacent to an activating group) is 1. The number of nitrogens with zero attached hydrogens (tertiary/aromatic N) is 1. The molecule has 1 saturated heterocycles. The van der Waals surface area contributed by atoms with Gasteiger partial charge >= 0.3 is 5.97 Å². The van der Waals surface area contributed by atoms with Gasteiger partial charge in [0, 0.05) is 22.4 Å². The second-order valence-electron chi connectivity index (χ2n) is 9.54. The molecular weight excluding hydrogens is 468 g/mol. The SMILES string of the molecule is CCOC(=O)C1C(C(=O)c2ccccc2)C(C(=O)c2ccccc2)C2(C(=O)Nc3ccc(C)cc32)N1C. The van der Waals surface area contributed by atoms with Crippen LogP contribution in [0.25, 0.3) is 0 Å². The van der Waals surface area contributed by atoms with Gasteiger partial charge in [0.05, 0.1) is 18.4 Å². The largest absolute Gasteiger partial charge is 0.465 e. The molecular formula is C30H28N2O5. The van der Waals surface area contributed by atoms with Gasteiger partial charge < -0.3 is 10.1 Å². The average molecular weight is 497 g/mol. The van der Waals surface area contributed by atoms with E-state index in [4.69, 9.17) is 4.74 Å². The Labute approximate surface area is 215 Å². The number of hydrogen-bond donors (Lipinski definition) is 1. The van der Waals surface area contributed by atoms with Crippen LogP contribution in [0.15, 0.2) is 78.9 Å². The number of carbonyl (C=O) groups is 4. The summed E-state index contributed by atoms with van der Waals surface area (Å²) in [7, 11) is 1.63. The lowest BCUT2D eigenvalue weighted by Crippen LogP contribution is -2.53. The number of aryl methyl sites for hydroxylation is 1. The molecule has 1 amide bonds. The summed E-state index contributed by atoms with van der Waals surface area (Å²) in [5.74, 6) is -4.18. The van der Waals surface area contributed by atoms with Crippen molar-refractivity contribution in [2.75, 3.05) is 19.0 Å². The molecule has 188 valence electrons. The Morgan fingerprint density at radius 2 is 1.51 bits per heavy atom. The van der Waals surface area contributed by atoms with Gasteiger partial charge in [0.25, 0.3) is 0 Å². The van der Waals surface area contributed by atoms with Gasteiger partial charge in [-0.15, -0.1) is 0 Å². The minimum Gasteiger partial charge on any atom is -0.465 e. The van der Waals surface area contributed by atoms with Crippen molar-refractivity contribution in [2.24, 2.45) is 11.8 Å². The first-order valence-electron chi connectivity index (χ1n) is 12.3. The van der Waals surface area contributed by atoms with Gasteiger partial charge in [-0.25, -0.2) is 0 Å². The van der Waals surface area contributed by atoms with E-state index in [0.29, 0.717) is 22.4 Å². The summed E-state index contributed by atoms with van der Waals surface area (Å²) < 4.78 is 5.42. The lowest BCUT2D eigenvalue weighted by molar-refractivity contribution is -0.150. The molecule has 2 aliphatic heterocycles. The van der Waals surface area contributed by atoms with Crippen LogP contribution in [0.5, 0.6) is 0 Å². The number of benzene rings is 3. The maximum Gasteiger partial charge on any atom is 0.324 e. The predicted molar refractivity (Wildman–Crippen MR) is 138 cm³/mol. The number of Topliss-reactive ketones (excluding diaryl/α,β-unsaturated/α-hetero) is 2. The Morgan fingerprint density at radius 3 is 2.11 bits per heavy atom. The second-order valence-corrected chi connectivity index (χ2v) is 9.54. The molecule has 0 aliphatic carbocycles. The Hall–Kier alpha value is -4.10. The van der Waals surface area contributed by atoms with E-state index in [-0.39, 0.29) is 18.2 Å². The third-order valence-electron chi connectivity index (χ3n) is 7.53. The van der Waals surface area contributed by atoms with E-state index in [1.165, 1.54) is 0 Å². The number of fused-ring (bicyclic) bond motifs is 2. The number of ketones is 2. The first-order valence-corrected chi connectivity index (χ1v) is 12.3. The fourth-order valence-corrected chi connectivity index (χ4v) is 5.96. The number of hydrogen-bond acceptors (Lipinski definition) is 6. The fraction of sp³-hybridized carbons (Fsp3) is 0.267. The topological polar surface area (TPSA) is 92.8 Å². The van der Waals surface area contributed by atoms with E-state index < -0.39 is 35.3 Å². The third-order valence-corrected chi connectivity index (χ3v) is 7.53. The Kier molecular flexibility index (Phi) is 6.25. The van der Waals surface area contributed by atoms with E-state index in [2.05, 4.69) is 5.32 Å². The first-order chi connectivity index (χ1) is 17.8. The molecule has 7 nitrogen and oxygen atoms in total. The highest BCUT2D eigenvalue weighted by Gasteiger charge is 2.70. The Morgan fingerprint density at radius 1 is 0.919 bits per heavy atom. The van der Waals surface area contributed by atoms with E-state index >= 15 is 0 Å². The third kappa shape index (κ3) is 3.69. The molecule has 1 N–H and O–H groups in total. The molecule has 7 heteroatoms. The summed E-state index contributed by atoms with van der Waals surface area (Å²) in [6.45, 7) is 3.68. The highest BCUT2D eigenvalue weighted by molar-refractivity contribution is 6.16. The molecule has 3 aromatic rings. The number of amides is 1. The van der Waals surface area contributed by atoms with Crippen LogP contribution < -0.4 is 5.32 Å². The molecule has 1 fully saturated rings. The molecule has 3 aromatic carbocycles. The van der Waals surface area contributed by atoms with Crippen molar-refractivity contribution in [3.63, 3.8) is 0 Å². The summed E-state index contributed by atoms with van der Waals surface area (Å²) in [6.07, 6.45) is 0. The minimum atomic E-state index is -1.58. The zero-order chi connectivity index (χ0) is 26.3. The lowest BCUT2D eigenvalue weighted by atomic mass is 9.69. The van der Waals surface area contributed by atoms with Crippen molar-refractivity contribution in [1.82, 2.24) is 4.90 Å². The monoisotopic (exact) mass is 496 g/mol. The quantitative estimate of drug-likeness (QED) is 0.409. The number of esters is 1. The number of carbonyl (C=O) groups excluding carboxylic acids is 4. The van der Waals surface area contributed by atoms with E-state index in [1.54, 1.807) is 85.6 Å². The van der Waals surface area contributed by atoms with Gasteiger partial charge in [0.1, 0.15) is 11.6 Å². The van der Waals surface area contributed by atoms with Crippen molar-refractivity contribution < 1.29 is 23.9 Å². The maximum absolute atomic E-state index is 14.4. The van der Waals surface area contributed by atoms with Crippen molar-refractivity contribution in [2.45, 2.75) is 25.4 Å². The molecule has 0 aromatic heterocycles. The number of anilines is 1. The summed E-state index contributed by atoms with van der Waals surface area (Å²) >= 11 is 0. The molecule has 0 radical (unpaired) electrons. The van der Waals surface area contributed by atoms with Crippen LogP contribution in [-0.2, 0) is 19.9 Å². The Balaban J connectivity index is 1.81. The predicted octanol–water partition coefficient (Wildman–Crippen LogP) is 4.02. The van der Waals surface area contributed by atoms with Gasteiger partial charge in [-0.3, -0.25) is 24.1 Å². The lowest BCUT2D eigenvalue weighted by Gasteiger charge is -2.36. The van der Waals surface area contributed by atoms with E-state index in [1.807, 2.05) is 19.1 Å². The van der Waals surface area contributed by atoms with Crippen LogP contribution in [0.2, 0.25) is 0 Å². The van der Waals surface area contributed by atoms with Gasteiger partial charge in [0.15, 0.2) is 11.6 Å². The van der Waals surface area contributed by atoms with Crippen LogP contribution in [0.1, 0.15) is 38.8 Å². The molecule has 2 aliphatic rings. The van der Waals surface area contributed by atoms with Crippen LogP contribution in [-0.4, -0.2) is 48.0 Å². The van der Waals surface area contributed by atoms with Crippen LogP contribution in [0.3, 0.4) is 0 Å². The van der Waals surface area contributed by atoms with Gasteiger partial charge in [0.2, 0.25) is 5.91 Å². The summed E-state index contributed by atoms with van der Waals surface area (Å²) in [5, 5.41) is 2.92. The highest BCUT2D eigenvalue weighted by atomic mass is 16.5. The molecule has 5 rings (SSSR count). The summed E-state index contributed by atoms with van der Waals surface area (Å²) in [5.41, 5.74) is 1.17. The molecule has 1 spiro atoms. The average Bonchev–Trinajstić information content (AvgIpc) is 3.35. The van der Waals surface area contributed by atoms with Gasteiger partial charge in [-0.05, 0) is 27.0 Å². The number of nitrogens with one attached hydrogen (secondary N) is 1. The van der Waals surface area contributed by atoms with Crippen molar-refractivity contribution in [1.29, 1.82) is 0 Å². The standard InChI is InChI=1S/C30H28N2O5/c1-4-37-28(35)25-23(26(33)19-11-7-5-8-12-19)24(27(34)20-13-9-6-10-14-20)30(32(25)3)21-17-18(2)15-16-22(21)31-29(30)36/h5-17,23-25H,4H2,1-3H3,(H,31,36). The zero-order valence-electron chi connectivity index (χ0n) is 20.9. The van der Waals surface area contributed by atoms with Crippen LogP contribution in [0.4, 0.5) is 5.69 Å². The normalized spacial score (nSPS) is 24.5. The number of rotatable bonds is 6. The van der Waals surface area contributed by atoms with Crippen molar-refractivity contribution in [3.05, 3.63) is 101 Å². The Bertz CT molecular complexity index is 1390. The molecule has 4 atom stereocenters. The van der Waals surface area contributed by atoms with E-state index in [9.17, 15) is 19.2 Å². The van der Waals surface area contributed by atoms with Gasteiger partial charge in [-0.2, -0.15) is 0 Å².